The number of hydrogen-bond acceptors (Lipinski definition) is 4. The maximum absolute atomic E-state index is 6.66. The van der Waals surface area contributed by atoms with Crippen LogP contribution in [0.15, 0.2) is 143 Å². The number of unbranched alkanes of at least 4 members (excludes halogenated alkanes) is 1. The summed E-state index contributed by atoms with van der Waals surface area (Å²) >= 11 is 0. The van der Waals surface area contributed by atoms with Crippen LogP contribution in [0.5, 0.6) is 0 Å². The molecule has 0 fully saturated rings. The van der Waals surface area contributed by atoms with Crippen molar-refractivity contribution in [3.05, 3.63) is 157 Å². The molecule has 9 rings (SSSR count). The quantitative estimate of drug-likeness (QED) is 0.157. The van der Waals surface area contributed by atoms with E-state index >= 15 is 0 Å². The number of hydrogen-bond donors (Lipinski definition) is 0. The Morgan fingerprint density at radius 3 is 1.92 bits per heavy atom. The molecule has 247 valence electrons. The summed E-state index contributed by atoms with van der Waals surface area (Å²) in [6.07, 6.45) is 6.88. The molecule has 5 heteroatoms. The second-order valence-electron chi connectivity index (χ2n) is 12.3. The number of fused-ring (bicyclic) bond motifs is 6. The second kappa shape index (κ2) is 14.6. The molecule has 0 aliphatic rings. The maximum Gasteiger partial charge on any atom is 0.144 e. The van der Waals surface area contributed by atoms with Crippen molar-refractivity contribution >= 4 is 43.9 Å². The van der Waals surface area contributed by atoms with Gasteiger partial charge in [-0.1, -0.05) is 67.9 Å². The molecule has 0 amide bonds. The van der Waals surface area contributed by atoms with Crippen molar-refractivity contribution in [3.63, 3.8) is 0 Å². The third kappa shape index (κ3) is 6.27. The molecule has 50 heavy (non-hydrogen) atoms. The first kappa shape index (κ1) is 33.2. The molecule has 0 bridgehead atoms. The minimum Gasteiger partial charge on any atom is -0.456 e. The Bertz CT molecular complexity index is 2530. The summed E-state index contributed by atoms with van der Waals surface area (Å²) in [5, 5.41) is 4.50. The van der Waals surface area contributed by atoms with Gasteiger partial charge in [0.05, 0.1) is 0 Å². The van der Waals surface area contributed by atoms with E-state index < -0.39 is 0 Å². The summed E-state index contributed by atoms with van der Waals surface area (Å²) in [6.45, 7) is 4.26. The number of aromatic nitrogens is 2. The fourth-order valence-electron chi connectivity index (χ4n) is 6.59. The topological polar surface area (TPSA) is 52.1 Å². The first-order chi connectivity index (χ1) is 24.2. The molecule has 9 aromatic rings. The molecule has 5 aromatic carbocycles. The number of aryl methyl sites for hydroxylation is 2. The second-order valence-corrected chi connectivity index (χ2v) is 12.3. The van der Waals surface area contributed by atoms with E-state index in [1.54, 1.807) is 0 Å². The Morgan fingerprint density at radius 2 is 1.28 bits per heavy atom. The molecule has 4 nitrogen and oxygen atoms in total. The molecular weight excluding hydrogens is 793 g/mol. The van der Waals surface area contributed by atoms with Crippen LogP contribution < -0.4 is 0 Å². The predicted molar refractivity (Wildman–Crippen MR) is 200 cm³/mol. The van der Waals surface area contributed by atoms with Gasteiger partial charge in [0.15, 0.2) is 0 Å². The third-order valence-electron chi connectivity index (χ3n) is 8.95. The van der Waals surface area contributed by atoms with E-state index in [2.05, 4.69) is 83.6 Å². The van der Waals surface area contributed by atoms with Gasteiger partial charge in [0, 0.05) is 65.2 Å². The first-order valence-corrected chi connectivity index (χ1v) is 16.8. The largest absolute Gasteiger partial charge is 0.456 e. The van der Waals surface area contributed by atoms with Crippen molar-refractivity contribution in [2.24, 2.45) is 0 Å². The Balaban J connectivity index is 0.000000236. The molecule has 1 radical (unpaired) electrons. The number of benzene rings is 5. The SMILES string of the molecule is CCCCc1c2oc3ccccc3c2c(-c2ccnc(-c3[c-]cccc3)c2)c2oc3ccccc3c12.Cc1ccc(-c2[c-]cccc2)nc1.[Ir]. The van der Waals surface area contributed by atoms with E-state index in [-0.39, 0.29) is 20.1 Å². The fourth-order valence-corrected chi connectivity index (χ4v) is 6.59. The molecule has 0 unspecified atom stereocenters. The Labute approximate surface area is 305 Å². The minimum absolute atomic E-state index is 0. The third-order valence-corrected chi connectivity index (χ3v) is 8.95. The van der Waals surface area contributed by atoms with Crippen molar-refractivity contribution in [2.75, 3.05) is 0 Å². The zero-order valence-electron chi connectivity index (χ0n) is 27.9. The van der Waals surface area contributed by atoms with E-state index in [0.29, 0.717) is 0 Å². The predicted octanol–water partition coefficient (Wildman–Crippen LogP) is 12.2. The number of rotatable bonds is 6. The van der Waals surface area contributed by atoms with Crippen LogP contribution in [0.2, 0.25) is 0 Å². The van der Waals surface area contributed by atoms with Crippen molar-refractivity contribution < 1.29 is 28.9 Å². The summed E-state index contributed by atoms with van der Waals surface area (Å²) in [5.41, 5.74) is 12.1. The van der Waals surface area contributed by atoms with Gasteiger partial charge < -0.3 is 18.8 Å². The van der Waals surface area contributed by atoms with Crippen molar-refractivity contribution in [1.29, 1.82) is 0 Å². The molecule has 4 aromatic heterocycles. The zero-order valence-corrected chi connectivity index (χ0v) is 30.3. The average Bonchev–Trinajstić information content (AvgIpc) is 3.74. The standard InChI is InChI=1S/C33H24NO2.C12H10N.Ir/c1-2-3-13-25-30-23-14-7-9-16-27(23)36-33(30)29(31-24-15-8-10-17-28(24)35-32(25)31)22-18-19-34-26(20-22)21-11-5-4-6-12-21;1-10-7-8-12(13-9-10)11-5-3-2-4-6-11;/h4-11,14-20H,2-3,13H2,1H3;2-5,7-9H,1H3;/q2*-1;. The fraction of sp³-hybridized carbons (Fsp3) is 0.111. The van der Waals surface area contributed by atoms with Crippen LogP contribution in [-0.4, -0.2) is 9.97 Å². The van der Waals surface area contributed by atoms with E-state index in [9.17, 15) is 0 Å². The molecule has 0 aliphatic heterocycles. The van der Waals surface area contributed by atoms with Crippen LogP contribution >= 0.6 is 0 Å². The number of pyridine rings is 2. The number of nitrogens with zero attached hydrogens (tertiary/aromatic N) is 2. The molecule has 0 N–H and O–H groups in total. The average molecular weight is 827 g/mol. The van der Waals surface area contributed by atoms with E-state index in [0.717, 1.165) is 96.8 Å². The zero-order chi connectivity index (χ0) is 33.2. The van der Waals surface area contributed by atoms with Crippen LogP contribution in [0.25, 0.3) is 77.5 Å². The van der Waals surface area contributed by atoms with E-state index in [4.69, 9.17) is 8.83 Å². The maximum atomic E-state index is 6.66. The van der Waals surface area contributed by atoms with Crippen LogP contribution in [-0.2, 0) is 26.5 Å². The van der Waals surface area contributed by atoms with Crippen molar-refractivity contribution in [3.8, 4) is 33.6 Å². The van der Waals surface area contributed by atoms with Gasteiger partial charge in [-0.05, 0) is 60.5 Å². The van der Waals surface area contributed by atoms with Gasteiger partial charge in [-0.15, -0.1) is 71.8 Å². The molecular formula is C45H34IrN2O2-2. The molecule has 0 spiro atoms. The summed E-state index contributed by atoms with van der Waals surface area (Å²) in [7, 11) is 0. The Kier molecular flexibility index (Phi) is 9.71. The van der Waals surface area contributed by atoms with Gasteiger partial charge in [-0.2, -0.15) is 0 Å². The van der Waals surface area contributed by atoms with E-state index in [1.165, 1.54) is 11.1 Å². The summed E-state index contributed by atoms with van der Waals surface area (Å²) in [6, 6.07) is 47.2. The first-order valence-electron chi connectivity index (χ1n) is 16.8. The Morgan fingerprint density at radius 1 is 0.640 bits per heavy atom. The van der Waals surface area contributed by atoms with Gasteiger partial charge in [0.2, 0.25) is 0 Å². The van der Waals surface area contributed by atoms with Gasteiger partial charge in [0.25, 0.3) is 0 Å². The molecule has 0 saturated heterocycles. The van der Waals surface area contributed by atoms with E-state index in [1.807, 2.05) is 86.0 Å². The smallest absolute Gasteiger partial charge is 0.144 e. The monoisotopic (exact) mass is 827 g/mol. The Hall–Kier alpha value is -5.35. The van der Waals surface area contributed by atoms with Gasteiger partial charge in [0.1, 0.15) is 22.3 Å². The van der Waals surface area contributed by atoms with Gasteiger partial charge >= 0.3 is 0 Å². The summed E-state index contributed by atoms with van der Waals surface area (Å²) < 4.78 is 13.3. The normalized spacial score (nSPS) is 11.1. The summed E-state index contributed by atoms with van der Waals surface area (Å²) in [5.74, 6) is 0. The summed E-state index contributed by atoms with van der Waals surface area (Å²) in [4.78, 5) is 8.98. The van der Waals surface area contributed by atoms with Crippen LogP contribution in [0.4, 0.5) is 0 Å². The van der Waals surface area contributed by atoms with Crippen molar-refractivity contribution in [2.45, 2.75) is 33.1 Å². The molecule has 0 atom stereocenters. The van der Waals surface area contributed by atoms with Gasteiger partial charge in [-0.25, -0.2) is 0 Å². The van der Waals surface area contributed by atoms with Crippen LogP contribution in [0.1, 0.15) is 30.9 Å². The number of furan rings is 2. The number of para-hydroxylation sites is 2. The van der Waals surface area contributed by atoms with Gasteiger partial charge in [-0.3, -0.25) is 0 Å². The molecule has 0 saturated carbocycles. The minimum atomic E-state index is 0. The molecule has 4 heterocycles. The van der Waals surface area contributed by atoms with Crippen LogP contribution in [0, 0.1) is 19.1 Å². The van der Waals surface area contributed by atoms with Crippen LogP contribution in [0.3, 0.4) is 0 Å². The van der Waals surface area contributed by atoms with Crippen molar-refractivity contribution in [1.82, 2.24) is 9.97 Å². The molecule has 0 aliphatic carbocycles.